The number of carbonyl (C=O) groups is 1. The van der Waals surface area contributed by atoms with Gasteiger partial charge in [-0.05, 0) is 79.3 Å². The predicted octanol–water partition coefficient (Wildman–Crippen LogP) is 5.28. The third kappa shape index (κ3) is 4.37. The van der Waals surface area contributed by atoms with E-state index in [1.807, 2.05) is 12.1 Å². The summed E-state index contributed by atoms with van der Waals surface area (Å²) >= 11 is 0. The van der Waals surface area contributed by atoms with E-state index in [1.165, 1.54) is 18.2 Å². The standard InChI is InChI=1S/C26H23FO6S/c1-34(30,31)18-8-6-17(7-9-18)32-23-13-11-22(27)25-19(23)10-12-24(25)33-16-4-2-15(3-5-16)20-14-21(20)26(28)29/h2-9,11,13,20-21,24H,10,12,14H2,1H3,(H,28,29)/t20?,21-,24?/m0/s1. The molecule has 1 saturated carbocycles. The van der Waals surface area contributed by atoms with Gasteiger partial charge in [-0.2, -0.15) is 0 Å². The number of carboxylic acids is 1. The van der Waals surface area contributed by atoms with Crippen LogP contribution in [-0.4, -0.2) is 25.7 Å². The number of aliphatic carboxylic acids is 1. The van der Waals surface area contributed by atoms with Gasteiger partial charge in [-0.1, -0.05) is 12.1 Å². The van der Waals surface area contributed by atoms with Gasteiger partial charge >= 0.3 is 5.97 Å². The fourth-order valence-corrected chi connectivity index (χ4v) is 5.16. The first kappa shape index (κ1) is 22.4. The summed E-state index contributed by atoms with van der Waals surface area (Å²) in [5.74, 6) is 0.158. The zero-order valence-electron chi connectivity index (χ0n) is 18.4. The summed E-state index contributed by atoms with van der Waals surface area (Å²) in [7, 11) is -3.30. The van der Waals surface area contributed by atoms with Gasteiger partial charge in [0.15, 0.2) is 9.84 Å². The van der Waals surface area contributed by atoms with E-state index in [9.17, 15) is 17.6 Å². The maximum absolute atomic E-state index is 14.8. The molecule has 2 unspecified atom stereocenters. The SMILES string of the molecule is CS(=O)(=O)c1ccc(Oc2ccc(F)c3c2CCC3Oc2ccc(C3C[C@@H]3C(=O)O)cc2)cc1. The molecule has 3 aromatic carbocycles. The van der Waals surface area contributed by atoms with Crippen molar-refractivity contribution >= 4 is 15.8 Å². The van der Waals surface area contributed by atoms with Crippen LogP contribution < -0.4 is 9.47 Å². The molecular formula is C26H23FO6S. The Labute approximate surface area is 196 Å². The largest absolute Gasteiger partial charge is 0.486 e. The van der Waals surface area contributed by atoms with Crippen LogP contribution in [0.25, 0.3) is 0 Å². The molecule has 0 aliphatic heterocycles. The van der Waals surface area contributed by atoms with Gasteiger partial charge in [0, 0.05) is 17.4 Å². The van der Waals surface area contributed by atoms with Crippen LogP contribution in [0.1, 0.15) is 41.6 Å². The normalized spacial score (nSPS) is 21.1. The van der Waals surface area contributed by atoms with Crippen LogP contribution in [0.3, 0.4) is 0 Å². The molecule has 3 aromatic rings. The maximum atomic E-state index is 14.8. The molecule has 6 nitrogen and oxygen atoms in total. The zero-order chi connectivity index (χ0) is 24.0. The molecule has 0 heterocycles. The van der Waals surface area contributed by atoms with Crippen molar-refractivity contribution in [1.29, 1.82) is 0 Å². The number of hydrogen-bond donors (Lipinski definition) is 1. The van der Waals surface area contributed by atoms with E-state index in [4.69, 9.17) is 14.6 Å². The Balaban J connectivity index is 1.32. The van der Waals surface area contributed by atoms with Crippen LogP contribution >= 0.6 is 0 Å². The molecule has 0 spiro atoms. The number of halogens is 1. The number of carboxylic acid groups (broad SMARTS) is 1. The van der Waals surface area contributed by atoms with E-state index in [1.54, 1.807) is 30.3 Å². The third-order valence-corrected chi connectivity index (χ3v) is 7.54. The second-order valence-electron chi connectivity index (χ2n) is 8.78. The van der Waals surface area contributed by atoms with Crippen molar-refractivity contribution in [1.82, 2.24) is 0 Å². The monoisotopic (exact) mass is 482 g/mol. The number of hydrogen-bond acceptors (Lipinski definition) is 5. The second kappa shape index (κ2) is 8.43. The fraction of sp³-hybridized carbons (Fsp3) is 0.269. The zero-order valence-corrected chi connectivity index (χ0v) is 19.2. The molecular weight excluding hydrogens is 459 g/mol. The van der Waals surface area contributed by atoms with Gasteiger partial charge in [0.05, 0.1) is 10.8 Å². The highest BCUT2D eigenvalue weighted by atomic mass is 32.2. The first-order valence-corrected chi connectivity index (χ1v) is 12.9. The lowest BCUT2D eigenvalue weighted by Gasteiger charge is -2.17. The van der Waals surface area contributed by atoms with Gasteiger partial charge in [0.2, 0.25) is 0 Å². The Kier molecular flexibility index (Phi) is 5.56. The molecule has 3 atom stereocenters. The van der Waals surface area contributed by atoms with Gasteiger partial charge in [0.25, 0.3) is 0 Å². The minimum Gasteiger partial charge on any atom is -0.486 e. The van der Waals surface area contributed by atoms with E-state index < -0.39 is 21.9 Å². The average molecular weight is 483 g/mol. The van der Waals surface area contributed by atoms with Crippen molar-refractivity contribution in [3.05, 3.63) is 83.2 Å². The lowest BCUT2D eigenvalue weighted by molar-refractivity contribution is -0.138. The van der Waals surface area contributed by atoms with Crippen molar-refractivity contribution in [3.8, 4) is 17.2 Å². The molecule has 0 bridgehead atoms. The topological polar surface area (TPSA) is 89.9 Å². The Morgan fingerprint density at radius 3 is 2.29 bits per heavy atom. The average Bonchev–Trinajstić information content (AvgIpc) is 3.50. The Morgan fingerprint density at radius 1 is 1.00 bits per heavy atom. The molecule has 34 heavy (non-hydrogen) atoms. The lowest BCUT2D eigenvalue weighted by atomic mass is 10.1. The highest BCUT2D eigenvalue weighted by Crippen LogP contribution is 2.48. The molecule has 0 radical (unpaired) electrons. The van der Waals surface area contributed by atoms with Crippen LogP contribution in [0.5, 0.6) is 17.2 Å². The third-order valence-electron chi connectivity index (χ3n) is 6.41. The Morgan fingerprint density at radius 2 is 1.68 bits per heavy atom. The molecule has 2 aliphatic rings. The van der Waals surface area contributed by atoms with E-state index in [2.05, 4.69) is 0 Å². The summed E-state index contributed by atoms with van der Waals surface area (Å²) in [6.45, 7) is 0. The number of sulfone groups is 1. The summed E-state index contributed by atoms with van der Waals surface area (Å²) in [5, 5.41) is 9.11. The van der Waals surface area contributed by atoms with Crippen molar-refractivity contribution in [2.24, 2.45) is 5.92 Å². The van der Waals surface area contributed by atoms with Crippen LogP contribution in [-0.2, 0) is 21.1 Å². The summed E-state index contributed by atoms with van der Waals surface area (Å²) in [6.07, 6.45) is 2.49. The number of ether oxygens (including phenoxy) is 2. The van der Waals surface area contributed by atoms with Crippen molar-refractivity contribution in [2.75, 3.05) is 6.26 Å². The molecule has 2 aliphatic carbocycles. The summed E-state index contributed by atoms with van der Waals surface area (Å²) < 4.78 is 50.1. The first-order chi connectivity index (χ1) is 16.2. The van der Waals surface area contributed by atoms with Gasteiger partial charge in [-0.15, -0.1) is 0 Å². The molecule has 5 rings (SSSR count). The van der Waals surface area contributed by atoms with Crippen LogP contribution in [0.15, 0.2) is 65.6 Å². The first-order valence-electron chi connectivity index (χ1n) is 11.0. The van der Waals surface area contributed by atoms with Crippen LogP contribution in [0.2, 0.25) is 0 Å². The van der Waals surface area contributed by atoms with E-state index >= 15 is 0 Å². The quantitative estimate of drug-likeness (QED) is 0.493. The molecule has 1 N–H and O–H groups in total. The molecule has 0 aromatic heterocycles. The number of fused-ring (bicyclic) bond motifs is 1. The van der Waals surface area contributed by atoms with Crippen molar-refractivity contribution in [2.45, 2.75) is 36.2 Å². The molecule has 0 amide bonds. The van der Waals surface area contributed by atoms with E-state index in [0.29, 0.717) is 42.1 Å². The minimum atomic E-state index is -3.30. The highest BCUT2D eigenvalue weighted by Gasteiger charge is 2.44. The van der Waals surface area contributed by atoms with Gasteiger partial charge < -0.3 is 14.6 Å². The summed E-state index contributed by atoms with van der Waals surface area (Å²) in [6, 6.07) is 16.4. The smallest absolute Gasteiger partial charge is 0.307 e. The van der Waals surface area contributed by atoms with Gasteiger partial charge in [-0.3, -0.25) is 4.79 Å². The molecule has 176 valence electrons. The van der Waals surface area contributed by atoms with E-state index in [-0.39, 0.29) is 22.5 Å². The second-order valence-corrected chi connectivity index (χ2v) is 10.8. The predicted molar refractivity (Wildman–Crippen MR) is 123 cm³/mol. The summed E-state index contributed by atoms with van der Waals surface area (Å²) in [4.78, 5) is 11.3. The number of rotatable bonds is 7. The highest BCUT2D eigenvalue weighted by molar-refractivity contribution is 7.90. The van der Waals surface area contributed by atoms with E-state index in [0.717, 1.165) is 17.4 Å². The fourth-order valence-electron chi connectivity index (χ4n) is 4.53. The Bertz CT molecular complexity index is 1350. The van der Waals surface area contributed by atoms with Crippen molar-refractivity contribution in [3.63, 3.8) is 0 Å². The molecule has 0 saturated heterocycles. The van der Waals surface area contributed by atoms with Crippen LogP contribution in [0.4, 0.5) is 4.39 Å². The van der Waals surface area contributed by atoms with Gasteiger partial charge in [0.1, 0.15) is 29.2 Å². The maximum Gasteiger partial charge on any atom is 0.307 e. The molecule has 1 fully saturated rings. The molecule has 8 heteroatoms. The summed E-state index contributed by atoms with van der Waals surface area (Å²) in [5.41, 5.74) is 2.16. The lowest BCUT2D eigenvalue weighted by Crippen LogP contribution is -2.06. The van der Waals surface area contributed by atoms with Crippen LogP contribution in [0, 0.1) is 11.7 Å². The van der Waals surface area contributed by atoms with Gasteiger partial charge in [-0.25, -0.2) is 12.8 Å². The minimum absolute atomic E-state index is 0.0439. The Hall–Kier alpha value is -3.39. The van der Waals surface area contributed by atoms with Crippen molar-refractivity contribution < 1.29 is 32.2 Å². The number of benzene rings is 3.